The average molecular weight is 394 g/mol. The van der Waals surface area contributed by atoms with Gasteiger partial charge in [-0.2, -0.15) is 0 Å². The lowest BCUT2D eigenvalue weighted by Gasteiger charge is -2.35. The van der Waals surface area contributed by atoms with Gasteiger partial charge in [-0.3, -0.25) is 19.9 Å². The van der Waals surface area contributed by atoms with E-state index in [0.29, 0.717) is 29.4 Å². The van der Waals surface area contributed by atoms with E-state index in [1.54, 1.807) is 31.4 Å². The second-order valence-electron chi connectivity index (χ2n) is 6.51. The molecule has 1 aliphatic heterocycles. The summed E-state index contributed by atoms with van der Waals surface area (Å²) in [4.78, 5) is 15.0. The van der Waals surface area contributed by atoms with Gasteiger partial charge in [-0.1, -0.05) is 17.7 Å². The predicted molar refractivity (Wildman–Crippen MR) is 102 cm³/mol. The first-order valence-electron chi connectivity index (χ1n) is 8.67. The Morgan fingerprint density at radius 3 is 2.41 bits per heavy atom. The lowest BCUT2D eigenvalue weighted by molar-refractivity contribution is -0.385. The Morgan fingerprint density at radius 1 is 1.15 bits per heavy atom. The maximum Gasteiger partial charge on any atom is 0.270 e. The van der Waals surface area contributed by atoms with Crippen molar-refractivity contribution in [3.63, 3.8) is 0 Å². The van der Waals surface area contributed by atoms with E-state index in [0.717, 1.165) is 31.7 Å². The molecule has 6 nitrogen and oxygen atoms in total. The van der Waals surface area contributed by atoms with E-state index in [1.807, 2.05) is 0 Å². The van der Waals surface area contributed by atoms with Crippen molar-refractivity contribution in [1.82, 2.24) is 9.80 Å². The highest BCUT2D eigenvalue weighted by molar-refractivity contribution is 6.31. The first-order chi connectivity index (χ1) is 13.0. The molecule has 0 saturated carbocycles. The molecule has 0 atom stereocenters. The van der Waals surface area contributed by atoms with Gasteiger partial charge in [0, 0.05) is 67.6 Å². The van der Waals surface area contributed by atoms with Gasteiger partial charge in [0.15, 0.2) is 0 Å². The number of hydrogen-bond donors (Lipinski definition) is 0. The molecule has 1 saturated heterocycles. The summed E-state index contributed by atoms with van der Waals surface area (Å²) in [7, 11) is 1.56. The minimum absolute atomic E-state index is 0.0543. The molecule has 0 aliphatic carbocycles. The van der Waals surface area contributed by atoms with Crippen molar-refractivity contribution in [2.75, 3.05) is 33.3 Å². The molecule has 1 fully saturated rings. The third-order valence-electron chi connectivity index (χ3n) is 4.78. The molecule has 2 aromatic carbocycles. The fourth-order valence-corrected chi connectivity index (χ4v) is 3.48. The molecule has 8 heteroatoms. The summed E-state index contributed by atoms with van der Waals surface area (Å²) in [6.07, 6.45) is 0. The van der Waals surface area contributed by atoms with E-state index in [-0.39, 0.29) is 11.5 Å². The van der Waals surface area contributed by atoms with Crippen LogP contribution in [0.25, 0.3) is 0 Å². The molecule has 0 radical (unpaired) electrons. The van der Waals surface area contributed by atoms with Crippen LogP contribution in [0, 0.1) is 15.9 Å². The molecule has 2 aromatic rings. The number of nitro groups is 1. The summed E-state index contributed by atoms with van der Waals surface area (Å²) in [6, 6.07) is 9.36. The van der Waals surface area contributed by atoms with Crippen LogP contribution < -0.4 is 4.74 Å². The van der Waals surface area contributed by atoms with Crippen molar-refractivity contribution < 1.29 is 14.1 Å². The Labute approximate surface area is 162 Å². The fraction of sp³-hybridized carbons (Fsp3) is 0.368. The maximum absolute atomic E-state index is 14.0. The fourth-order valence-electron chi connectivity index (χ4n) is 3.26. The Kier molecular flexibility index (Phi) is 6.26. The van der Waals surface area contributed by atoms with Crippen LogP contribution in [0.1, 0.15) is 11.1 Å². The second kappa shape index (κ2) is 8.65. The number of benzene rings is 2. The maximum atomic E-state index is 14.0. The van der Waals surface area contributed by atoms with Crippen LogP contribution in [-0.4, -0.2) is 48.0 Å². The zero-order chi connectivity index (χ0) is 19.4. The molecule has 1 aliphatic rings. The SMILES string of the molecule is COc1ccc([N+](=O)[O-])cc1CN1CCN(Cc2c(F)cccc2Cl)CC1. The van der Waals surface area contributed by atoms with Gasteiger partial charge in [-0.15, -0.1) is 0 Å². The van der Waals surface area contributed by atoms with E-state index in [4.69, 9.17) is 16.3 Å². The quantitative estimate of drug-likeness (QED) is 0.553. The molecule has 0 spiro atoms. The zero-order valence-electron chi connectivity index (χ0n) is 15.0. The smallest absolute Gasteiger partial charge is 0.270 e. The number of piperazine rings is 1. The Balaban J connectivity index is 1.61. The molecule has 27 heavy (non-hydrogen) atoms. The number of halogens is 2. The minimum atomic E-state index is -0.404. The molecular formula is C19H21ClFN3O3. The lowest BCUT2D eigenvalue weighted by atomic mass is 10.1. The van der Waals surface area contributed by atoms with Crippen LogP contribution in [-0.2, 0) is 13.1 Å². The topological polar surface area (TPSA) is 58.9 Å². The van der Waals surface area contributed by atoms with Crippen LogP contribution in [0.4, 0.5) is 10.1 Å². The molecule has 0 bridgehead atoms. The predicted octanol–water partition coefficient (Wildman–Crippen LogP) is 3.71. The van der Waals surface area contributed by atoms with Crippen molar-refractivity contribution in [1.29, 1.82) is 0 Å². The lowest BCUT2D eigenvalue weighted by Crippen LogP contribution is -2.45. The highest BCUT2D eigenvalue weighted by Gasteiger charge is 2.21. The van der Waals surface area contributed by atoms with Gasteiger partial charge < -0.3 is 4.74 Å². The standard InChI is InChI=1S/C19H21ClFN3O3/c1-27-19-6-5-15(24(25)26)11-14(19)12-22-7-9-23(10-8-22)13-16-17(20)3-2-4-18(16)21/h2-6,11H,7-10,12-13H2,1H3. The summed E-state index contributed by atoms with van der Waals surface area (Å²) >= 11 is 6.11. The van der Waals surface area contributed by atoms with Gasteiger partial charge in [-0.25, -0.2) is 4.39 Å². The number of rotatable bonds is 6. The van der Waals surface area contributed by atoms with E-state index in [9.17, 15) is 14.5 Å². The number of hydrogen-bond acceptors (Lipinski definition) is 5. The van der Waals surface area contributed by atoms with Gasteiger partial charge in [-0.05, 0) is 18.2 Å². The number of ether oxygens (including phenoxy) is 1. The van der Waals surface area contributed by atoms with Gasteiger partial charge >= 0.3 is 0 Å². The summed E-state index contributed by atoms with van der Waals surface area (Å²) in [6.45, 7) is 4.12. The van der Waals surface area contributed by atoms with E-state index >= 15 is 0 Å². The Morgan fingerprint density at radius 2 is 1.81 bits per heavy atom. The molecule has 1 heterocycles. The van der Waals surface area contributed by atoms with Gasteiger partial charge in [0.25, 0.3) is 5.69 Å². The second-order valence-corrected chi connectivity index (χ2v) is 6.91. The van der Waals surface area contributed by atoms with Crippen LogP contribution >= 0.6 is 11.6 Å². The molecular weight excluding hydrogens is 373 g/mol. The Hall–Kier alpha value is -2.22. The van der Waals surface area contributed by atoms with Gasteiger partial charge in [0.1, 0.15) is 11.6 Å². The van der Waals surface area contributed by atoms with Crippen molar-refractivity contribution in [3.8, 4) is 5.75 Å². The largest absolute Gasteiger partial charge is 0.496 e. The molecule has 3 rings (SSSR count). The van der Waals surface area contributed by atoms with E-state index in [1.165, 1.54) is 12.1 Å². The monoisotopic (exact) mass is 393 g/mol. The first kappa shape index (κ1) is 19.5. The van der Waals surface area contributed by atoms with E-state index in [2.05, 4.69) is 9.80 Å². The molecule has 0 N–H and O–H groups in total. The van der Waals surface area contributed by atoms with Crippen LogP contribution in [0.2, 0.25) is 5.02 Å². The summed E-state index contributed by atoms with van der Waals surface area (Å²) < 4.78 is 19.3. The van der Waals surface area contributed by atoms with Gasteiger partial charge in [0.05, 0.1) is 12.0 Å². The highest BCUT2D eigenvalue weighted by atomic mass is 35.5. The van der Waals surface area contributed by atoms with Crippen LogP contribution in [0.15, 0.2) is 36.4 Å². The molecule has 0 unspecified atom stereocenters. The summed E-state index contributed by atoms with van der Waals surface area (Å²) in [5.41, 5.74) is 1.36. The van der Waals surface area contributed by atoms with E-state index < -0.39 is 4.92 Å². The first-order valence-corrected chi connectivity index (χ1v) is 9.04. The van der Waals surface area contributed by atoms with Gasteiger partial charge in [0.2, 0.25) is 0 Å². The minimum Gasteiger partial charge on any atom is -0.496 e. The summed E-state index contributed by atoms with van der Waals surface area (Å²) in [5.74, 6) is 0.354. The number of methoxy groups -OCH3 is 1. The average Bonchev–Trinajstić information content (AvgIpc) is 2.66. The number of non-ortho nitro benzene ring substituents is 1. The summed E-state index contributed by atoms with van der Waals surface area (Å²) in [5, 5.41) is 11.5. The Bertz CT molecular complexity index is 806. The van der Waals surface area contributed by atoms with Crippen molar-refractivity contribution in [2.24, 2.45) is 0 Å². The van der Waals surface area contributed by atoms with Crippen molar-refractivity contribution in [2.45, 2.75) is 13.1 Å². The normalized spacial score (nSPS) is 15.7. The number of nitrogens with zero attached hydrogens (tertiary/aromatic N) is 3. The highest BCUT2D eigenvalue weighted by Crippen LogP contribution is 2.26. The van der Waals surface area contributed by atoms with Crippen molar-refractivity contribution >= 4 is 17.3 Å². The molecule has 0 aromatic heterocycles. The van der Waals surface area contributed by atoms with Crippen LogP contribution in [0.3, 0.4) is 0 Å². The molecule has 0 amide bonds. The van der Waals surface area contributed by atoms with Crippen LogP contribution in [0.5, 0.6) is 5.75 Å². The third kappa shape index (κ3) is 4.74. The third-order valence-corrected chi connectivity index (χ3v) is 5.13. The van der Waals surface area contributed by atoms with Crippen molar-refractivity contribution in [3.05, 3.63) is 68.5 Å². The number of nitro benzene ring substituents is 1. The molecule has 144 valence electrons. The zero-order valence-corrected chi connectivity index (χ0v) is 15.8.